The van der Waals surface area contributed by atoms with Gasteiger partial charge in [0.2, 0.25) is 0 Å². The first-order valence-corrected chi connectivity index (χ1v) is 3.50. The first kappa shape index (κ1) is 8.43. The minimum Gasteiger partial charge on any atom is -0.537 e. The lowest BCUT2D eigenvalue weighted by Crippen LogP contribution is -1.99. The number of rotatable bonds is 2. The van der Waals surface area contributed by atoms with E-state index in [0.717, 1.165) is 5.56 Å². The summed E-state index contributed by atoms with van der Waals surface area (Å²) >= 11 is 5.77. The van der Waals surface area contributed by atoms with Crippen LogP contribution in [0.4, 0.5) is 0 Å². The molecule has 0 aliphatic heterocycles. The van der Waals surface area contributed by atoms with Crippen LogP contribution in [0.2, 0.25) is 5.02 Å². The molecule has 1 N–H and O–H groups in total. The SMILES string of the molecule is Cc1ccc(O[B]O)cc1Cl. The first-order chi connectivity index (χ1) is 5.24. The van der Waals surface area contributed by atoms with Crippen molar-refractivity contribution in [3.05, 3.63) is 28.8 Å². The molecular weight excluding hydrogens is 162 g/mol. The average molecular weight is 169 g/mol. The minimum atomic E-state index is 0.531. The summed E-state index contributed by atoms with van der Waals surface area (Å²) in [6.45, 7) is 1.90. The number of hydrogen-bond donors (Lipinski definition) is 1. The van der Waals surface area contributed by atoms with Crippen molar-refractivity contribution < 1.29 is 9.68 Å². The van der Waals surface area contributed by atoms with E-state index in [1.165, 1.54) is 0 Å². The fourth-order valence-electron chi connectivity index (χ4n) is 0.708. The van der Waals surface area contributed by atoms with Crippen LogP contribution in [0.3, 0.4) is 0 Å². The molecule has 1 aromatic rings. The maximum atomic E-state index is 8.29. The number of aryl methyl sites for hydroxylation is 1. The summed E-state index contributed by atoms with van der Waals surface area (Å²) in [4.78, 5) is 0. The van der Waals surface area contributed by atoms with Gasteiger partial charge in [-0.15, -0.1) is 0 Å². The normalized spacial score (nSPS) is 9.36. The zero-order valence-electron chi connectivity index (χ0n) is 6.04. The summed E-state index contributed by atoms with van der Waals surface area (Å²) in [5.41, 5.74) is 0.983. The molecule has 0 fully saturated rings. The highest BCUT2D eigenvalue weighted by Gasteiger charge is 1.97. The predicted octanol–water partition coefficient (Wildman–Crippen LogP) is 1.55. The minimum absolute atomic E-state index is 0.531. The molecule has 0 heterocycles. The van der Waals surface area contributed by atoms with Crippen molar-refractivity contribution in [2.75, 3.05) is 0 Å². The Labute approximate surface area is 71.1 Å². The third-order valence-corrected chi connectivity index (χ3v) is 1.74. The van der Waals surface area contributed by atoms with Crippen molar-refractivity contribution >= 4 is 19.3 Å². The summed E-state index contributed by atoms with van der Waals surface area (Å²) in [5.74, 6) is 0.531. The molecule has 0 unspecified atom stereocenters. The smallest absolute Gasteiger partial charge is 0.537 e. The Hall–Kier alpha value is -0.665. The molecule has 1 rings (SSSR count). The molecule has 4 heteroatoms. The molecule has 57 valence electrons. The summed E-state index contributed by atoms with van der Waals surface area (Å²) in [5, 5.41) is 8.92. The van der Waals surface area contributed by atoms with E-state index >= 15 is 0 Å². The van der Waals surface area contributed by atoms with Crippen LogP contribution in [-0.2, 0) is 0 Å². The highest BCUT2D eigenvalue weighted by atomic mass is 35.5. The molecule has 1 aromatic carbocycles. The van der Waals surface area contributed by atoms with E-state index in [1.54, 1.807) is 12.1 Å². The van der Waals surface area contributed by atoms with Gasteiger partial charge in [-0.1, -0.05) is 17.7 Å². The van der Waals surface area contributed by atoms with Gasteiger partial charge >= 0.3 is 7.69 Å². The molecule has 0 spiro atoms. The standard InChI is InChI=1S/C7H7BClO2/c1-5-2-3-6(11-8-10)4-7(5)9/h2-4,10H,1H3. The molecule has 0 amide bonds. The van der Waals surface area contributed by atoms with Crippen LogP contribution in [0.1, 0.15) is 5.56 Å². The van der Waals surface area contributed by atoms with E-state index in [-0.39, 0.29) is 0 Å². The average Bonchev–Trinajstić information content (AvgIpc) is 1.98. The summed E-state index contributed by atoms with van der Waals surface area (Å²) in [6, 6.07) is 5.19. The molecule has 1 radical (unpaired) electrons. The van der Waals surface area contributed by atoms with E-state index in [1.807, 2.05) is 13.0 Å². The predicted molar refractivity (Wildman–Crippen MR) is 44.8 cm³/mol. The van der Waals surface area contributed by atoms with Gasteiger partial charge in [-0.25, -0.2) is 0 Å². The topological polar surface area (TPSA) is 29.5 Å². The third-order valence-electron chi connectivity index (χ3n) is 1.33. The Kier molecular flexibility index (Phi) is 2.80. The highest BCUT2D eigenvalue weighted by molar-refractivity contribution is 6.31. The van der Waals surface area contributed by atoms with Crippen LogP contribution in [0.25, 0.3) is 0 Å². The van der Waals surface area contributed by atoms with Gasteiger partial charge in [0, 0.05) is 5.02 Å². The Morgan fingerprint density at radius 1 is 1.55 bits per heavy atom. The second-order valence-electron chi connectivity index (χ2n) is 2.13. The van der Waals surface area contributed by atoms with Gasteiger partial charge in [0.15, 0.2) is 0 Å². The fourth-order valence-corrected chi connectivity index (χ4v) is 0.878. The van der Waals surface area contributed by atoms with Gasteiger partial charge < -0.3 is 9.68 Å². The van der Waals surface area contributed by atoms with Crippen molar-refractivity contribution in [2.45, 2.75) is 6.92 Å². The Morgan fingerprint density at radius 2 is 2.27 bits per heavy atom. The zero-order chi connectivity index (χ0) is 8.27. The molecule has 0 aliphatic carbocycles. The summed E-state index contributed by atoms with van der Waals surface area (Å²) < 4.78 is 4.69. The highest BCUT2D eigenvalue weighted by Crippen LogP contribution is 2.20. The molecule has 0 atom stereocenters. The van der Waals surface area contributed by atoms with Crippen LogP contribution >= 0.6 is 11.6 Å². The number of benzene rings is 1. The van der Waals surface area contributed by atoms with Crippen LogP contribution < -0.4 is 4.65 Å². The van der Waals surface area contributed by atoms with E-state index in [4.69, 9.17) is 16.6 Å². The van der Waals surface area contributed by atoms with Crippen molar-refractivity contribution in [1.82, 2.24) is 0 Å². The lowest BCUT2D eigenvalue weighted by Gasteiger charge is -2.02. The maximum Gasteiger partial charge on any atom is 0.569 e. The zero-order valence-corrected chi connectivity index (χ0v) is 6.80. The van der Waals surface area contributed by atoms with Crippen LogP contribution in [0, 0.1) is 6.92 Å². The lowest BCUT2D eigenvalue weighted by molar-refractivity contribution is 0.454. The Balaban J connectivity index is 2.86. The van der Waals surface area contributed by atoms with Crippen molar-refractivity contribution in [2.24, 2.45) is 0 Å². The van der Waals surface area contributed by atoms with Gasteiger partial charge in [0.1, 0.15) is 5.75 Å². The maximum absolute atomic E-state index is 8.29. The summed E-state index contributed by atoms with van der Waals surface area (Å²) in [6.07, 6.45) is 0. The van der Waals surface area contributed by atoms with Crippen molar-refractivity contribution in [3.63, 3.8) is 0 Å². The van der Waals surface area contributed by atoms with E-state index in [9.17, 15) is 0 Å². The third kappa shape index (κ3) is 2.14. The molecule has 0 bridgehead atoms. The van der Waals surface area contributed by atoms with Gasteiger partial charge in [-0.05, 0) is 24.6 Å². The molecule has 0 saturated heterocycles. The van der Waals surface area contributed by atoms with E-state index < -0.39 is 0 Å². The second kappa shape index (κ2) is 3.65. The summed E-state index contributed by atoms with van der Waals surface area (Å²) in [7, 11) is 0.626. The van der Waals surface area contributed by atoms with Gasteiger partial charge in [0.25, 0.3) is 0 Å². The quantitative estimate of drug-likeness (QED) is 0.681. The fraction of sp³-hybridized carbons (Fsp3) is 0.143. The molecule has 11 heavy (non-hydrogen) atoms. The van der Waals surface area contributed by atoms with Crippen LogP contribution in [0.5, 0.6) is 5.75 Å². The first-order valence-electron chi connectivity index (χ1n) is 3.13. The molecule has 0 saturated carbocycles. The van der Waals surface area contributed by atoms with E-state index in [0.29, 0.717) is 18.5 Å². The van der Waals surface area contributed by atoms with Crippen molar-refractivity contribution in [3.8, 4) is 5.75 Å². The monoisotopic (exact) mass is 169 g/mol. The number of hydrogen-bond acceptors (Lipinski definition) is 2. The Bertz CT molecular complexity index is 252. The van der Waals surface area contributed by atoms with Crippen molar-refractivity contribution in [1.29, 1.82) is 0 Å². The molecule has 0 aliphatic rings. The molecule has 2 nitrogen and oxygen atoms in total. The molecular formula is C7H7BClO2. The van der Waals surface area contributed by atoms with Gasteiger partial charge in [-0.2, -0.15) is 0 Å². The van der Waals surface area contributed by atoms with Gasteiger partial charge in [-0.3, -0.25) is 0 Å². The Morgan fingerprint density at radius 3 is 2.82 bits per heavy atom. The lowest BCUT2D eigenvalue weighted by atomic mass is 10.2. The van der Waals surface area contributed by atoms with Crippen LogP contribution in [0.15, 0.2) is 18.2 Å². The second-order valence-corrected chi connectivity index (χ2v) is 2.54. The number of halogens is 1. The van der Waals surface area contributed by atoms with Crippen LogP contribution in [-0.4, -0.2) is 12.7 Å². The largest absolute Gasteiger partial charge is 0.569 e. The molecule has 0 aromatic heterocycles. The van der Waals surface area contributed by atoms with E-state index in [2.05, 4.69) is 4.65 Å². The van der Waals surface area contributed by atoms with Gasteiger partial charge in [0.05, 0.1) is 0 Å².